The predicted octanol–water partition coefficient (Wildman–Crippen LogP) is 1.73. The van der Waals surface area contributed by atoms with Crippen molar-refractivity contribution in [1.82, 2.24) is 4.90 Å². The third-order valence-corrected chi connectivity index (χ3v) is 1.60. The monoisotopic (exact) mass is 177 g/mol. The third-order valence-electron chi connectivity index (χ3n) is 1.43. The Morgan fingerprint density at radius 3 is 2.45 bits per heavy atom. The van der Waals surface area contributed by atoms with Crippen LogP contribution in [0.4, 0.5) is 0 Å². The van der Waals surface area contributed by atoms with E-state index in [1.165, 1.54) is 0 Å². The smallest absolute Gasteiger partial charge is 0.222 e. The van der Waals surface area contributed by atoms with Gasteiger partial charge in [-0.15, -0.1) is 11.6 Å². The maximum absolute atomic E-state index is 11.2. The average Bonchev–Trinajstić information content (AvgIpc) is 1.86. The summed E-state index contributed by atoms with van der Waals surface area (Å²) in [6, 6.07) is 0. The molecule has 0 aromatic rings. The molecule has 0 unspecified atom stereocenters. The molecule has 1 amide bonds. The molecule has 0 heterocycles. The first-order valence-electron chi connectivity index (χ1n) is 3.87. The summed E-state index contributed by atoms with van der Waals surface area (Å²) in [5.41, 5.74) is 0. The Bertz CT molecular complexity index is 125. The van der Waals surface area contributed by atoms with Gasteiger partial charge in [0.25, 0.3) is 0 Å². The predicted molar refractivity (Wildman–Crippen MR) is 47.8 cm³/mol. The van der Waals surface area contributed by atoms with Gasteiger partial charge in [-0.25, -0.2) is 0 Å². The molecule has 66 valence electrons. The number of nitrogens with zero attached hydrogens (tertiary/aromatic N) is 1. The molecular formula is C8H16ClNO. The van der Waals surface area contributed by atoms with Gasteiger partial charge in [-0.3, -0.25) is 4.79 Å². The first kappa shape index (κ1) is 10.8. The average molecular weight is 178 g/mol. The van der Waals surface area contributed by atoms with Crippen molar-refractivity contribution in [3.05, 3.63) is 0 Å². The van der Waals surface area contributed by atoms with Crippen LogP contribution in [0.1, 0.15) is 20.3 Å². The molecule has 0 saturated carbocycles. The van der Waals surface area contributed by atoms with Crippen molar-refractivity contribution in [3.8, 4) is 0 Å². The van der Waals surface area contributed by atoms with Crippen LogP contribution in [-0.4, -0.2) is 30.3 Å². The number of alkyl halides is 1. The van der Waals surface area contributed by atoms with E-state index in [9.17, 15) is 4.79 Å². The van der Waals surface area contributed by atoms with Gasteiger partial charge in [-0.05, 0) is 5.92 Å². The summed E-state index contributed by atoms with van der Waals surface area (Å²) in [6.07, 6.45) is 0.618. The van der Waals surface area contributed by atoms with E-state index in [4.69, 9.17) is 11.6 Å². The number of halogens is 1. The Labute approximate surface area is 73.5 Å². The fraction of sp³-hybridized carbons (Fsp3) is 0.875. The zero-order valence-electron chi connectivity index (χ0n) is 7.43. The molecule has 0 spiro atoms. The second-order valence-electron chi connectivity index (χ2n) is 3.10. The van der Waals surface area contributed by atoms with Crippen LogP contribution in [0.5, 0.6) is 0 Å². The minimum Gasteiger partial charge on any atom is -0.345 e. The van der Waals surface area contributed by atoms with Crippen LogP contribution in [0.3, 0.4) is 0 Å². The maximum Gasteiger partial charge on any atom is 0.222 e. The van der Waals surface area contributed by atoms with E-state index in [2.05, 4.69) is 0 Å². The summed E-state index contributed by atoms with van der Waals surface area (Å²) in [5, 5.41) is 0. The second-order valence-corrected chi connectivity index (χ2v) is 3.48. The van der Waals surface area contributed by atoms with Crippen LogP contribution in [0, 0.1) is 5.92 Å². The fourth-order valence-electron chi connectivity index (χ4n) is 0.757. The number of carbonyl (C=O) groups is 1. The van der Waals surface area contributed by atoms with E-state index in [1.54, 1.807) is 11.9 Å². The second kappa shape index (κ2) is 5.42. The molecule has 3 heteroatoms. The summed E-state index contributed by atoms with van der Waals surface area (Å²) < 4.78 is 0. The summed E-state index contributed by atoms with van der Waals surface area (Å²) >= 11 is 5.48. The van der Waals surface area contributed by atoms with Crippen molar-refractivity contribution in [1.29, 1.82) is 0 Å². The third kappa shape index (κ3) is 5.08. The van der Waals surface area contributed by atoms with Crippen LogP contribution in [0.15, 0.2) is 0 Å². The van der Waals surface area contributed by atoms with E-state index in [-0.39, 0.29) is 5.91 Å². The van der Waals surface area contributed by atoms with E-state index < -0.39 is 0 Å². The minimum absolute atomic E-state index is 0.181. The molecule has 0 aliphatic heterocycles. The molecule has 2 nitrogen and oxygen atoms in total. The Kier molecular flexibility index (Phi) is 5.30. The van der Waals surface area contributed by atoms with Crippen LogP contribution in [-0.2, 0) is 4.79 Å². The number of hydrogen-bond donors (Lipinski definition) is 0. The molecule has 0 fully saturated rings. The van der Waals surface area contributed by atoms with Gasteiger partial charge in [0.2, 0.25) is 5.91 Å². The van der Waals surface area contributed by atoms with E-state index in [1.807, 2.05) is 13.8 Å². The van der Waals surface area contributed by atoms with Crippen molar-refractivity contribution in [3.63, 3.8) is 0 Å². The number of hydrogen-bond acceptors (Lipinski definition) is 1. The van der Waals surface area contributed by atoms with Gasteiger partial charge in [-0.2, -0.15) is 0 Å². The zero-order chi connectivity index (χ0) is 8.85. The zero-order valence-corrected chi connectivity index (χ0v) is 8.19. The molecule has 11 heavy (non-hydrogen) atoms. The molecule has 0 N–H and O–H groups in total. The first-order valence-corrected chi connectivity index (χ1v) is 4.41. The van der Waals surface area contributed by atoms with Crippen LogP contribution < -0.4 is 0 Å². The topological polar surface area (TPSA) is 20.3 Å². The van der Waals surface area contributed by atoms with E-state index in [0.29, 0.717) is 24.8 Å². The lowest BCUT2D eigenvalue weighted by Gasteiger charge is -2.16. The van der Waals surface area contributed by atoms with Crippen molar-refractivity contribution in [2.45, 2.75) is 20.3 Å². The van der Waals surface area contributed by atoms with Gasteiger partial charge in [0.05, 0.1) is 0 Å². The highest BCUT2D eigenvalue weighted by molar-refractivity contribution is 6.18. The molecule has 0 atom stereocenters. The summed E-state index contributed by atoms with van der Waals surface area (Å²) in [5.74, 6) is 1.13. The van der Waals surface area contributed by atoms with E-state index in [0.717, 1.165) is 0 Å². The fourth-order valence-corrected chi connectivity index (χ4v) is 1.01. The number of carbonyl (C=O) groups excluding carboxylic acids is 1. The molecule has 0 saturated heterocycles. The van der Waals surface area contributed by atoms with Crippen LogP contribution >= 0.6 is 11.6 Å². The van der Waals surface area contributed by atoms with E-state index >= 15 is 0 Å². The SMILES string of the molecule is CC(C)CC(=O)N(C)CCCl. The number of rotatable bonds is 4. The largest absolute Gasteiger partial charge is 0.345 e. The van der Waals surface area contributed by atoms with Gasteiger partial charge in [0.1, 0.15) is 0 Å². The Morgan fingerprint density at radius 1 is 1.55 bits per heavy atom. The Morgan fingerprint density at radius 2 is 2.09 bits per heavy atom. The van der Waals surface area contributed by atoms with Gasteiger partial charge < -0.3 is 4.90 Å². The molecule has 0 aliphatic rings. The molecule has 0 aromatic carbocycles. The van der Waals surface area contributed by atoms with Gasteiger partial charge in [0, 0.05) is 25.9 Å². The normalized spacial score (nSPS) is 10.3. The standard InChI is InChI=1S/C8H16ClNO/c1-7(2)6-8(11)10(3)5-4-9/h7H,4-6H2,1-3H3. The van der Waals surface area contributed by atoms with Crippen LogP contribution in [0.25, 0.3) is 0 Å². The maximum atomic E-state index is 11.2. The molecular weight excluding hydrogens is 162 g/mol. The number of amides is 1. The molecule has 0 bridgehead atoms. The summed E-state index contributed by atoms with van der Waals surface area (Å²) in [6.45, 7) is 4.71. The van der Waals surface area contributed by atoms with Crippen molar-refractivity contribution in [2.24, 2.45) is 5.92 Å². The quantitative estimate of drug-likeness (QED) is 0.599. The highest BCUT2D eigenvalue weighted by Crippen LogP contribution is 2.02. The van der Waals surface area contributed by atoms with Gasteiger partial charge in [-0.1, -0.05) is 13.8 Å². The molecule has 0 aliphatic carbocycles. The first-order chi connectivity index (χ1) is 5.07. The van der Waals surface area contributed by atoms with Crippen LogP contribution in [0.2, 0.25) is 0 Å². The van der Waals surface area contributed by atoms with Crippen molar-refractivity contribution in [2.75, 3.05) is 19.5 Å². The van der Waals surface area contributed by atoms with Gasteiger partial charge >= 0.3 is 0 Å². The summed E-state index contributed by atoms with van der Waals surface area (Å²) in [4.78, 5) is 12.9. The Balaban J connectivity index is 3.64. The lowest BCUT2D eigenvalue weighted by molar-refractivity contribution is -0.130. The summed E-state index contributed by atoms with van der Waals surface area (Å²) in [7, 11) is 1.78. The highest BCUT2D eigenvalue weighted by atomic mass is 35.5. The molecule has 0 rings (SSSR count). The molecule has 0 radical (unpaired) electrons. The van der Waals surface area contributed by atoms with Gasteiger partial charge in [0.15, 0.2) is 0 Å². The molecule has 0 aromatic heterocycles. The Hall–Kier alpha value is -0.240. The van der Waals surface area contributed by atoms with Crippen molar-refractivity contribution < 1.29 is 4.79 Å². The highest BCUT2D eigenvalue weighted by Gasteiger charge is 2.08. The lowest BCUT2D eigenvalue weighted by atomic mass is 10.1. The minimum atomic E-state index is 0.181. The van der Waals surface area contributed by atoms with Crippen molar-refractivity contribution >= 4 is 17.5 Å². The lowest BCUT2D eigenvalue weighted by Crippen LogP contribution is -2.29.